The summed E-state index contributed by atoms with van der Waals surface area (Å²) in [6.07, 6.45) is 4.08. The van der Waals surface area contributed by atoms with Crippen LogP contribution in [0.2, 0.25) is 0 Å². The summed E-state index contributed by atoms with van der Waals surface area (Å²) in [5.41, 5.74) is -1.55. The average molecular weight is 647 g/mol. The molecule has 0 radical (unpaired) electrons. The van der Waals surface area contributed by atoms with E-state index in [2.05, 4.69) is 32.7 Å². The summed E-state index contributed by atoms with van der Waals surface area (Å²) < 4.78 is 5.96. The average Bonchev–Trinajstić information content (AvgIpc) is 3.36. The van der Waals surface area contributed by atoms with Gasteiger partial charge in [0.1, 0.15) is 23.3 Å². The van der Waals surface area contributed by atoms with Crippen LogP contribution in [0, 0.1) is 34.0 Å². The minimum absolute atomic E-state index is 0.0726. The maximum absolute atomic E-state index is 13.6. The molecule has 5 rings (SSSR count). The summed E-state index contributed by atoms with van der Waals surface area (Å²) >= 11 is 3.28. The van der Waals surface area contributed by atoms with Gasteiger partial charge in [-0.25, -0.2) is 0 Å². The lowest BCUT2D eigenvalue weighted by molar-refractivity contribution is -0.205. The molecule has 1 aliphatic heterocycles. The first-order chi connectivity index (χ1) is 20.6. The van der Waals surface area contributed by atoms with Crippen LogP contribution >= 0.6 is 23.5 Å². The zero-order valence-corrected chi connectivity index (χ0v) is 28.8. The monoisotopic (exact) mass is 646 g/mol. The van der Waals surface area contributed by atoms with E-state index in [1.807, 2.05) is 43.5 Å². The number of carbonyl (C=O) groups excluding carboxylic acids is 2. The van der Waals surface area contributed by atoms with Crippen molar-refractivity contribution in [3.63, 3.8) is 0 Å². The van der Waals surface area contributed by atoms with E-state index >= 15 is 0 Å². The second-order valence-electron chi connectivity index (χ2n) is 14.9. The summed E-state index contributed by atoms with van der Waals surface area (Å²) in [5, 5.41) is 14.9. The fourth-order valence-electron chi connectivity index (χ4n) is 8.93. The number of thioether (sulfide) groups is 2. The molecule has 0 spiro atoms. The van der Waals surface area contributed by atoms with Gasteiger partial charge in [0.25, 0.3) is 10.9 Å². The van der Waals surface area contributed by atoms with Crippen molar-refractivity contribution in [2.45, 2.75) is 90.6 Å². The van der Waals surface area contributed by atoms with Gasteiger partial charge in [-0.05, 0) is 56.8 Å². The second-order valence-corrected chi connectivity index (χ2v) is 17.9. The lowest BCUT2D eigenvalue weighted by Crippen LogP contribution is -2.63. The molecule has 1 aromatic rings. The Morgan fingerprint density at radius 3 is 2.52 bits per heavy atom. The molecule has 1 saturated heterocycles. The largest absolute Gasteiger partial charge is 0.461 e. The van der Waals surface area contributed by atoms with Gasteiger partial charge in [-0.2, -0.15) is 11.8 Å². The quantitative estimate of drug-likeness (QED) is 0.223. The number of hydrogen-bond acceptors (Lipinski definition) is 10. The van der Waals surface area contributed by atoms with Crippen LogP contribution in [0.5, 0.6) is 0 Å². The number of aliphatic hydroxyl groups is 1. The van der Waals surface area contributed by atoms with E-state index in [9.17, 15) is 24.3 Å². The van der Waals surface area contributed by atoms with Gasteiger partial charge in [0, 0.05) is 59.1 Å². The van der Waals surface area contributed by atoms with Crippen LogP contribution in [0.1, 0.15) is 73.6 Å². The number of ketones is 1. The highest BCUT2D eigenvalue weighted by Crippen LogP contribution is 2.68. The van der Waals surface area contributed by atoms with Crippen molar-refractivity contribution in [3.05, 3.63) is 33.1 Å². The minimum Gasteiger partial charge on any atom is -0.461 e. The minimum atomic E-state index is -0.698. The molecule has 0 unspecified atom stereocenters. The van der Waals surface area contributed by atoms with Crippen molar-refractivity contribution in [2.75, 3.05) is 47.1 Å². The van der Waals surface area contributed by atoms with Gasteiger partial charge in [0.05, 0.1) is 11.9 Å². The van der Waals surface area contributed by atoms with E-state index in [-0.39, 0.29) is 40.7 Å². The summed E-state index contributed by atoms with van der Waals surface area (Å²) in [5.74, 6) is 1.70. The van der Waals surface area contributed by atoms with E-state index < -0.39 is 38.6 Å². The summed E-state index contributed by atoms with van der Waals surface area (Å²) in [7, 11) is 0. The number of Topliss-reactive ketones (excluding diaryl/α,β-unsaturated/α-hetero) is 1. The number of nitrogens with zero attached hydrogens (tertiary/aromatic N) is 1. The zero-order valence-electron chi connectivity index (χ0n) is 27.2. The smallest absolute Gasteiger partial charge is 0.316 e. The van der Waals surface area contributed by atoms with Crippen molar-refractivity contribution in [2.24, 2.45) is 34.0 Å². The Labute approximate surface area is 270 Å². The maximum Gasteiger partial charge on any atom is 0.316 e. The molecule has 2 N–H and O–H groups in total. The maximum atomic E-state index is 13.6. The Bertz CT molecular complexity index is 1370. The molecule has 4 aliphatic rings. The zero-order chi connectivity index (χ0) is 32.2. The molecule has 2 bridgehead atoms. The number of hydrogen-bond donors (Lipinski definition) is 2. The lowest BCUT2D eigenvalue weighted by atomic mass is 9.44. The highest BCUT2D eigenvalue weighted by atomic mass is 32.2. The van der Waals surface area contributed by atoms with Crippen LogP contribution < -0.4 is 21.1 Å². The van der Waals surface area contributed by atoms with Crippen LogP contribution in [0.4, 0.5) is 11.4 Å². The van der Waals surface area contributed by atoms with Crippen LogP contribution in [0.25, 0.3) is 0 Å². The first-order valence-corrected chi connectivity index (χ1v) is 18.3. The molecule has 1 aromatic carbocycles. The lowest BCUT2D eigenvalue weighted by Gasteiger charge is -2.61. The predicted octanol–water partition coefficient (Wildman–Crippen LogP) is 4.67. The molecule has 1 heterocycles. The predicted molar refractivity (Wildman–Crippen MR) is 181 cm³/mol. The SMILES string of the molecule is C=C[C@]1(C)C[C@@H](OC(=O)CSC(C)(C)CNc2c(N3CCSCC3)c(=O)c2=O)[C@]2(C)[C@H](C)CC[C@]3(CCC(=O)[C@H]32)[C@@H](C)[C@@H]1O. The molecular weight excluding hydrogens is 597 g/mol. The molecule has 44 heavy (non-hydrogen) atoms. The molecular formula is C34H50N2O6S2. The number of aliphatic hydroxyl groups excluding tert-OH is 1. The van der Waals surface area contributed by atoms with Crippen LogP contribution in [-0.2, 0) is 14.3 Å². The van der Waals surface area contributed by atoms with E-state index in [0.717, 1.165) is 43.9 Å². The number of anilines is 2. The Hall–Kier alpha value is -1.78. The number of nitrogens with one attached hydrogen (secondary N) is 1. The van der Waals surface area contributed by atoms with E-state index in [4.69, 9.17) is 4.74 Å². The highest BCUT2D eigenvalue weighted by Gasteiger charge is 2.68. The normalized spacial score (nSPS) is 37.7. The van der Waals surface area contributed by atoms with E-state index in [0.29, 0.717) is 30.8 Å². The van der Waals surface area contributed by atoms with Gasteiger partial charge in [0.15, 0.2) is 0 Å². The van der Waals surface area contributed by atoms with Gasteiger partial charge in [-0.15, -0.1) is 18.3 Å². The molecule has 3 saturated carbocycles. The molecule has 0 amide bonds. The Morgan fingerprint density at radius 2 is 1.86 bits per heavy atom. The second kappa shape index (κ2) is 12.1. The van der Waals surface area contributed by atoms with Crippen LogP contribution in [0.15, 0.2) is 22.2 Å². The molecule has 244 valence electrons. The van der Waals surface area contributed by atoms with E-state index in [1.54, 1.807) is 0 Å². The molecule has 3 aliphatic carbocycles. The highest BCUT2D eigenvalue weighted by molar-refractivity contribution is 8.01. The van der Waals surface area contributed by atoms with Crippen molar-refractivity contribution >= 4 is 46.7 Å². The van der Waals surface area contributed by atoms with Crippen molar-refractivity contribution in [3.8, 4) is 0 Å². The Morgan fingerprint density at radius 1 is 1.18 bits per heavy atom. The van der Waals surface area contributed by atoms with Crippen LogP contribution in [0.3, 0.4) is 0 Å². The van der Waals surface area contributed by atoms with Crippen molar-refractivity contribution in [1.29, 1.82) is 0 Å². The van der Waals surface area contributed by atoms with Gasteiger partial charge in [-0.3, -0.25) is 19.2 Å². The fraction of sp³-hybridized carbons (Fsp3) is 0.765. The standard InChI is InChI=1S/C34H50N2O6S2/c1-8-32(6)17-23(33(7)20(2)9-11-34(21(3)30(32)41)12-10-22(37)29(33)34)42-24(38)18-44-31(4,5)19-35-25-26(28(40)27(25)39)36-13-15-43-16-14-36/h8,20-21,23,29-30,35,41H,1,9-19H2,2-7H3/t20-,21+,23-,29+,30+,32-,33+,34+/m1/s1. The Balaban J connectivity index is 1.30. The summed E-state index contributed by atoms with van der Waals surface area (Å²) in [6, 6.07) is 0. The number of ether oxygens (including phenoxy) is 1. The summed E-state index contributed by atoms with van der Waals surface area (Å²) in [4.78, 5) is 54.0. The molecule has 8 atom stereocenters. The number of esters is 1. The van der Waals surface area contributed by atoms with Gasteiger partial charge in [0.2, 0.25) is 0 Å². The number of carbonyl (C=O) groups is 2. The van der Waals surface area contributed by atoms with Crippen molar-refractivity contribution in [1.82, 2.24) is 0 Å². The van der Waals surface area contributed by atoms with E-state index in [1.165, 1.54) is 11.8 Å². The number of rotatable bonds is 9. The molecule has 4 fully saturated rings. The van der Waals surface area contributed by atoms with Gasteiger partial charge >= 0.3 is 5.97 Å². The molecule has 10 heteroatoms. The molecule has 0 aromatic heterocycles. The van der Waals surface area contributed by atoms with Crippen molar-refractivity contribution < 1.29 is 19.4 Å². The fourth-order valence-corrected chi connectivity index (χ4v) is 10.6. The third-order valence-corrected chi connectivity index (χ3v) is 14.3. The molecule has 8 nitrogen and oxygen atoms in total. The van der Waals surface area contributed by atoms with Gasteiger partial charge in [-0.1, -0.05) is 33.8 Å². The Kier molecular flexibility index (Phi) is 9.24. The third-order valence-electron chi connectivity index (χ3n) is 12.1. The first kappa shape index (κ1) is 33.6. The van der Waals surface area contributed by atoms with Crippen LogP contribution in [-0.4, -0.2) is 70.7 Å². The topological polar surface area (TPSA) is 113 Å². The first-order valence-electron chi connectivity index (χ1n) is 16.2. The summed E-state index contributed by atoms with van der Waals surface area (Å²) in [6.45, 7) is 18.4. The third kappa shape index (κ3) is 5.48. The van der Waals surface area contributed by atoms with Gasteiger partial charge < -0.3 is 20.1 Å².